The number of anilines is 1. The zero-order valence-corrected chi connectivity index (χ0v) is 13.0. The molecule has 0 fully saturated rings. The van der Waals surface area contributed by atoms with Crippen LogP contribution in [0.3, 0.4) is 0 Å². The van der Waals surface area contributed by atoms with Crippen LogP contribution in [0.2, 0.25) is 5.02 Å². The molecule has 2 atom stereocenters. The first-order valence-electron chi connectivity index (χ1n) is 7.02. The summed E-state index contributed by atoms with van der Waals surface area (Å²) in [7, 11) is 0. The first-order valence-corrected chi connectivity index (χ1v) is 7.40. The Kier molecular flexibility index (Phi) is 5.37. The number of hydrogen-bond acceptors (Lipinski definition) is 1. The van der Waals surface area contributed by atoms with Crippen LogP contribution in [-0.2, 0) is 4.79 Å². The minimum atomic E-state index is -0.181. The van der Waals surface area contributed by atoms with Crippen molar-refractivity contribution in [3.63, 3.8) is 0 Å². The predicted octanol–water partition coefficient (Wildman–Crippen LogP) is 2.99. The minimum Gasteiger partial charge on any atom is -0.330 e. The molecule has 2 aromatic rings. The maximum atomic E-state index is 12.2. The van der Waals surface area contributed by atoms with Gasteiger partial charge in [0.05, 0.1) is 0 Å². The van der Waals surface area contributed by atoms with E-state index in [0.29, 0.717) is 5.02 Å². The van der Waals surface area contributed by atoms with Gasteiger partial charge in [0, 0.05) is 16.3 Å². The maximum absolute atomic E-state index is 12.2. The molecule has 2 rings (SSSR count). The van der Waals surface area contributed by atoms with Crippen LogP contribution in [0.4, 0.5) is 5.69 Å². The number of hydrogen-bond donors (Lipinski definition) is 2. The molecular weight excluding hydrogens is 284 g/mol. The fraction of sp³-hybridized carbons (Fsp3) is 0.235. The molecule has 0 bridgehead atoms. The van der Waals surface area contributed by atoms with Crippen LogP contribution in [0.25, 0.3) is 0 Å². The summed E-state index contributed by atoms with van der Waals surface area (Å²) in [4.78, 5) is 12.2. The van der Waals surface area contributed by atoms with Gasteiger partial charge in [-0.3, -0.25) is 4.79 Å². The molecule has 0 aliphatic rings. The van der Waals surface area contributed by atoms with Crippen LogP contribution in [0.1, 0.15) is 25.5 Å². The molecular formula is C17H20ClN2O+. The zero-order chi connectivity index (χ0) is 15.2. The number of amides is 1. The lowest BCUT2D eigenvalue weighted by Crippen LogP contribution is -2.91. The van der Waals surface area contributed by atoms with E-state index in [9.17, 15) is 4.79 Å². The Morgan fingerprint density at radius 3 is 2.48 bits per heavy atom. The van der Waals surface area contributed by atoms with Crippen molar-refractivity contribution in [1.82, 2.24) is 0 Å². The highest BCUT2D eigenvalue weighted by molar-refractivity contribution is 6.30. The highest BCUT2D eigenvalue weighted by Gasteiger charge is 2.20. The summed E-state index contributed by atoms with van der Waals surface area (Å²) in [5.41, 5.74) is 1.93. The Bertz CT molecular complexity index is 601. The van der Waals surface area contributed by atoms with Gasteiger partial charge in [0.2, 0.25) is 0 Å². The van der Waals surface area contributed by atoms with Gasteiger partial charge in [-0.05, 0) is 32.0 Å². The molecule has 110 valence electrons. The molecule has 4 heteroatoms. The predicted molar refractivity (Wildman–Crippen MR) is 86.3 cm³/mol. The average molecular weight is 304 g/mol. The molecule has 21 heavy (non-hydrogen) atoms. The van der Waals surface area contributed by atoms with Gasteiger partial charge >= 0.3 is 0 Å². The Balaban J connectivity index is 1.93. The Morgan fingerprint density at radius 1 is 1.10 bits per heavy atom. The fourth-order valence-corrected chi connectivity index (χ4v) is 2.40. The molecule has 0 saturated carbocycles. The highest BCUT2D eigenvalue weighted by atomic mass is 35.5. The first-order chi connectivity index (χ1) is 10.1. The largest absolute Gasteiger partial charge is 0.330 e. The van der Waals surface area contributed by atoms with E-state index in [1.807, 2.05) is 37.3 Å². The van der Waals surface area contributed by atoms with E-state index in [2.05, 4.69) is 29.7 Å². The summed E-state index contributed by atoms with van der Waals surface area (Å²) >= 11 is 5.91. The normalized spacial score (nSPS) is 13.5. The monoisotopic (exact) mass is 303 g/mol. The molecule has 3 nitrogen and oxygen atoms in total. The summed E-state index contributed by atoms with van der Waals surface area (Å²) in [6.07, 6.45) is 0. The van der Waals surface area contributed by atoms with Crippen LogP contribution in [0, 0.1) is 0 Å². The van der Waals surface area contributed by atoms with E-state index in [0.717, 1.165) is 5.69 Å². The Morgan fingerprint density at radius 2 is 1.81 bits per heavy atom. The number of quaternary nitrogens is 1. The van der Waals surface area contributed by atoms with Crippen LogP contribution >= 0.6 is 11.6 Å². The summed E-state index contributed by atoms with van der Waals surface area (Å²) in [6.45, 7) is 4.00. The fourth-order valence-electron chi connectivity index (χ4n) is 2.21. The van der Waals surface area contributed by atoms with Crippen molar-refractivity contribution >= 4 is 23.2 Å². The van der Waals surface area contributed by atoms with Gasteiger partial charge < -0.3 is 10.6 Å². The molecule has 0 radical (unpaired) electrons. The number of nitrogens with one attached hydrogen (secondary N) is 1. The topological polar surface area (TPSA) is 45.7 Å². The molecule has 0 spiro atoms. The van der Waals surface area contributed by atoms with E-state index in [-0.39, 0.29) is 18.0 Å². The van der Waals surface area contributed by atoms with Crippen molar-refractivity contribution in [1.29, 1.82) is 0 Å². The Hall–Kier alpha value is -1.84. The lowest BCUT2D eigenvalue weighted by atomic mass is 10.1. The third kappa shape index (κ3) is 4.59. The van der Waals surface area contributed by atoms with Crippen molar-refractivity contribution in [3.05, 3.63) is 65.2 Å². The van der Waals surface area contributed by atoms with E-state index < -0.39 is 0 Å². The van der Waals surface area contributed by atoms with Crippen LogP contribution in [0.15, 0.2) is 54.6 Å². The van der Waals surface area contributed by atoms with Gasteiger partial charge in [0.1, 0.15) is 6.04 Å². The van der Waals surface area contributed by atoms with E-state index in [1.54, 1.807) is 12.1 Å². The quantitative estimate of drug-likeness (QED) is 0.876. The SMILES string of the molecule is C[C@H]([NH2+][C@H](C)c1ccccc1)C(=O)Nc1cccc(Cl)c1. The lowest BCUT2D eigenvalue weighted by molar-refractivity contribution is -0.709. The standard InChI is InChI=1S/C17H19ClN2O/c1-12(14-7-4-3-5-8-14)19-13(2)17(21)20-16-10-6-9-15(18)11-16/h3-13,19H,1-2H3,(H,20,21)/p+1/t12-,13+/m1/s1. The maximum Gasteiger partial charge on any atom is 0.282 e. The second-order valence-electron chi connectivity index (χ2n) is 5.18. The average Bonchev–Trinajstić information content (AvgIpc) is 2.48. The van der Waals surface area contributed by atoms with Crippen molar-refractivity contribution in [2.45, 2.75) is 25.9 Å². The van der Waals surface area contributed by atoms with Gasteiger partial charge in [-0.2, -0.15) is 0 Å². The van der Waals surface area contributed by atoms with Gasteiger partial charge in [-0.15, -0.1) is 0 Å². The van der Waals surface area contributed by atoms with Gasteiger partial charge in [0.25, 0.3) is 5.91 Å². The van der Waals surface area contributed by atoms with Gasteiger partial charge in [0.15, 0.2) is 6.04 Å². The Labute approximate surface area is 130 Å². The molecule has 0 unspecified atom stereocenters. The molecule has 0 aromatic heterocycles. The number of halogens is 1. The van der Waals surface area contributed by atoms with Crippen molar-refractivity contribution in [3.8, 4) is 0 Å². The molecule has 0 aliphatic heterocycles. The van der Waals surface area contributed by atoms with Crippen LogP contribution in [-0.4, -0.2) is 11.9 Å². The third-order valence-corrected chi connectivity index (χ3v) is 3.64. The van der Waals surface area contributed by atoms with Crippen molar-refractivity contribution < 1.29 is 10.1 Å². The van der Waals surface area contributed by atoms with Gasteiger partial charge in [-0.25, -0.2) is 0 Å². The summed E-state index contributed by atoms with van der Waals surface area (Å²) in [5, 5.41) is 5.55. The zero-order valence-electron chi connectivity index (χ0n) is 12.2. The second-order valence-corrected chi connectivity index (χ2v) is 5.62. The smallest absolute Gasteiger partial charge is 0.282 e. The molecule has 1 amide bonds. The number of benzene rings is 2. The summed E-state index contributed by atoms with van der Waals surface area (Å²) in [5.74, 6) is -0.0277. The van der Waals surface area contributed by atoms with E-state index in [1.165, 1.54) is 5.56 Å². The summed E-state index contributed by atoms with van der Waals surface area (Å²) in [6, 6.07) is 17.4. The minimum absolute atomic E-state index is 0.0277. The molecule has 0 aliphatic carbocycles. The second kappa shape index (κ2) is 7.25. The van der Waals surface area contributed by atoms with E-state index >= 15 is 0 Å². The van der Waals surface area contributed by atoms with Crippen LogP contribution in [0.5, 0.6) is 0 Å². The molecule has 0 heterocycles. The molecule has 2 aromatic carbocycles. The highest BCUT2D eigenvalue weighted by Crippen LogP contribution is 2.15. The van der Waals surface area contributed by atoms with Crippen LogP contribution < -0.4 is 10.6 Å². The number of rotatable bonds is 5. The molecule has 0 saturated heterocycles. The summed E-state index contributed by atoms with van der Waals surface area (Å²) < 4.78 is 0. The lowest BCUT2D eigenvalue weighted by Gasteiger charge is -2.17. The van der Waals surface area contributed by atoms with Crippen molar-refractivity contribution in [2.75, 3.05) is 5.32 Å². The first kappa shape index (κ1) is 15.5. The number of carbonyl (C=O) groups excluding carboxylic acids is 1. The third-order valence-electron chi connectivity index (χ3n) is 3.41. The number of nitrogens with two attached hydrogens (primary N) is 1. The number of carbonyl (C=O) groups is 1. The molecule has 3 N–H and O–H groups in total. The van der Waals surface area contributed by atoms with Gasteiger partial charge in [-0.1, -0.05) is 48.0 Å². The van der Waals surface area contributed by atoms with Crippen molar-refractivity contribution in [2.24, 2.45) is 0 Å². The van der Waals surface area contributed by atoms with E-state index in [4.69, 9.17) is 11.6 Å².